The zero-order valence-electron chi connectivity index (χ0n) is 20.1. The van der Waals surface area contributed by atoms with Crippen molar-refractivity contribution in [2.24, 2.45) is 0 Å². The molecule has 2 aliphatic rings. The van der Waals surface area contributed by atoms with Crippen LogP contribution in [0.1, 0.15) is 61.8 Å². The normalized spacial score (nSPS) is 18.2. The summed E-state index contributed by atoms with van der Waals surface area (Å²) in [6.45, 7) is 9.60. The molecule has 0 aliphatic carbocycles. The second kappa shape index (κ2) is 10.4. The number of hydrogen-bond acceptors (Lipinski definition) is 5. The number of piperidine rings is 1. The van der Waals surface area contributed by atoms with Crippen LogP contribution in [-0.2, 0) is 22.4 Å². The first-order chi connectivity index (χ1) is 16.0. The zero-order chi connectivity index (χ0) is 23.4. The van der Waals surface area contributed by atoms with Gasteiger partial charge in [0.25, 0.3) is 0 Å². The number of anilines is 1. The third-order valence-corrected chi connectivity index (χ3v) is 6.94. The number of fused-ring (bicyclic) bond motifs is 1. The van der Waals surface area contributed by atoms with E-state index in [0.717, 1.165) is 62.4 Å². The van der Waals surface area contributed by atoms with Crippen molar-refractivity contribution >= 4 is 17.6 Å². The van der Waals surface area contributed by atoms with Crippen molar-refractivity contribution in [2.45, 2.75) is 58.9 Å². The molecule has 33 heavy (non-hydrogen) atoms. The highest BCUT2D eigenvalue weighted by molar-refractivity contribution is 6.00. The molecule has 0 radical (unpaired) electrons. The Hall–Kier alpha value is -2.80. The molecular formula is C26H35N5O2. The number of carbonyl (C=O) groups is 2. The number of likely N-dealkylation sites (tertiary alicyclic amines) is 1. The molecular weight excluding hydrogens is 414 g/mol. The molecule has 1 aromatic carbocycles. The summed E-state index contributed by atoms with van der Waals surface area (Å²) < 4.78 is 0. The van der Waals surface area contributed by atoms with Crippen molar-refractivity contribution in [2.75, 3.05) is 37.6 Å². The molecule has 0 bridgehead atoms. The Morgan fingerprint density at radius 3 is 2.61 bits per heavy atom. The van der Waals surface area contributed by atoms with Crippen molar-refractivity contribution in [3.63, 3.8) is 0 Å². The van der Waals surface area contributed by atoms with E-state index < -0.39 is 0 Å². The average Bonchev–Trinajstić information content (AvgIpc) is 3.17. The number of aromatic nitrogens is 2. The van der Waals surface area contributed by atoms with Gasteiger partial charge in [0.2, 0.25) is 11.8 Å². The van der Waals surface area contributed by atoms with Gasteiger partial charge >= 0.3 is 0 Å². The van der Waals surface area contributed by atoms with Crippen molar-refractivity contribution in [3.05, 3.63) is 53.0 Å². The van der Waals surface area contributed by atoms with Crippen molar-refractivity contribution in [1.82, 2.24) is 19.8 Å². The van der Waals surface area contributed by atoms with E-state index in [1.807, 2.05) is 34.9 Å². The zero-order valence-corrected chi connectivity index (χ0v) is 20.1. The maximum absolute atomic E-state index is 13.2. The Morgan fingerprint density at radius 2 is 1.88 bits per heavy atom. The maximum Gasteiger partial charge on any atom is 0.237 e. The Morgan fingerprint density at radius 1 is 1.12 bits per heavy atom. The molecule has 0 N–H and O–H groups in total. The van der Waals surface area contributed by atoms with E-state index in [1.165, 1.54) is 5.56 Å². The lowest BCUT2D eigenvalue weighted by Crippen LogP contribution is -2.45. The molecule has 0 unspecified atom stereocenters. The SMILES string of the molecule is CCN(CC)CC(=O)N1CCCC[C@@H]1c1nc(C)c2c(n1)N(CCc1ccccc1)C(=O)C2. The molecule has 7 nitrogen and oxygen atoms in total. The van der Waals surface area contributed by atoms with Crippen LogP contribution in [0.25, 0.3) is 0 Å². The van der Waals surface area contributed by atoms with Gasteiger partial charge in [0.15, 0.2) is 5.82 Å². The van der Waals surface area contributed by atoms with Gasteiger partial charge in [-0.15, -0.1) is 0 Å². The van der Waals surface area contributed by atoms with E-state index in [1.54, 1.807) is 0 Å². The van der Waals surface area contributed by atoms with E-state index in [4.69, 9.17) is 9.97 Å². The van der Waals surface area contributed by atoms with Crippen LogP contribution < -0.4 is 4.90 Å². The fraction of sp³-hybridized carbons (Fsp3) is 0.538. The number of amides is 2. The first-order valence-corrected chi connectivity index (χ1v) is 12.2. The number of rotatable bonds is 8. The predicted octanol–water partition coefficient (Wildman–Crippen LogP) is 3.31. The fourth-order valence-electron chi connectivity index (χ4n) is 4.89. The van der Waals surface area contributed by atoms with Crippen LogP contribution >= 0.6 is 0 Å². The lowest BCUT2D eigenvalue weighted by molar-refractivity contribution is -0.136. The van der Waals surface area contributed by atoms with Crippen LogP contribution in [0, 0.1) is 6.92 Å². The van der Waals surface area contributed by atoms with Crippen LogP contribution in [0.2, 0.25) is 0 Å². The summed E-state index contributed by atoms with van der Waals surface area (Å²) in [6, 6.07) is 10.1. The number of benzene rings is 1. The van der Waals surface area contributed by atoms with E-state index in [0.29, 0.717) is 25.3 Å². The summed E-state index contributed by atoms with van der Waals surface area (Å²) in [4.78, 5) is 41.7. The molecule has 1 fully saturated rings. The number of carbonyl (C=O) groups excluding carboxylic acids is 2. The largest absolute Gasteiger partial charge is 0.331 e. The molecule has 0 saturated carbocycles. The number of aryl methyl sites for hydroxylation is 1. The molecule has 1 aromatic heterocycles. The monoisotopic (exact) mass is 449 g/mol. The fourth-order valence-corrected chi connectivity index (χ4v) is 4.89. The molecule has 4 rings (SSSR count). The molecule has 0 spiro atoms. The Labute approximate surface area is 196 Å². The molecule has 3 heterocycles. The van der Waals surface area contributed by atoms with Gasteiger partial charge in [-0.3, -0.25) is 19.4 Å². The lowest BCUT2D eigenvalue weighted by Gasteiger charge is -2.36. The molecule has 176 valence electrons. The van der Waals surface area contributed by atoms with Crippen molar-refractivity contribution in [3.8, 4) is 0 Å². The van der Waals surface area contributed by atoms with Gasteiger partial charge in [0.05, 0.1) is 19.0 Å². The van der Waals surface area contributed by atoms with Crippen LogP contribution in [0.4, 0.5) is 5.82 Å². The standard InChI is InChI=1S/C26H35N5O2/c1-4-29(5-2)18-24(33)30-15-10-9-13-22(30)25-27-19(3)21-17-23(32)31(26(21)28-25)16-14-20-11-7-6-8-12-20/h6-8,11-12,22H,4-5,9-10,13-18H2,1-3H3/t22-/m1/s1. The topological polar surface area (TPSA) is 69.6 Å². The third-order valence-electron chi connectivity index (χ3n) is 6.94. The van der Waals surface area contributed by atoms with Gasteiger partial charge < -0.3 is 4.90 Å². The Balaban J connectivity index is 1.58. The first kappa shape index (κ1) is 23.4. The molecule has 2 aromatic rings. The van der Waals surface area contributed by atoms with E-state index >= 15 is 0 Å². The number of hydrogen-bond donors (Lipinski definition) is 0. The third kappa shape index (κ3) is 5.08. The second-order valence-electron chi connectivity index (χ2n) is 8.99. The van der Waals surface area contributed by atoms with Crippen molar-refractivity contribution in [1.29, 1.82) is 0 Å². The van der Waals surface area contributed by atoms with Gasteiger partial charge in [-0.25, -0.2) is 9.97 Å². The van der Waals surface area contributed by atoms with Crippen LogP contribution in [0.3, 0.4) is 0 Å². The van der Waals surface area contributed by atoms with E-state index in [2.05, 4.69) is 30.9 Å². The highest BCUT2D eigenvalue weighted by Crippen LogP contribution is 2.34. The maximum atomic E-state index is 13.2. The molecule has 2 amide bonds. The van der Waals surface area contributed by atoms with Gasteiger partial charge in [-0.05, 0) is 51.3 Å². The molecule has 7 heteroatoms. The average molecular weight is 450 g/mol. The van der Waals surface area contributed by atoms with Gasteiger partial charge in [0, 0.05) is 24.3 Å². The summed E-state index contributed by atoms with van der Waals surface area (Å²) in [6.07, 6.45) is 4.05. The second-order valence-corrected chi connectivity index (χ2v) is 8.99. The van der Waals surface area contributed by atoms with Gasteiger partial charge in [0.1, 0.15) is 5.82 Å². The highest BCUT2D eigenvalue weighted by Gasteiger charge is 2.35. The number of nitrogens with zero attached hydrogens (tertiary/aromatic N) is 5. The summed E-state index contributed by atoms with van der Waals surface area (Å²) in [7, 11) is 0. The van der Waals surface area contributed by atoms with Gasteiger partial charge in [-0.2, -0.15) is 0 Å². The summed E-state index contributed by atoms with van der Waals surface area (Å²) in [5.74, 6) is 1.63. The highest BCUT2D eigenvalue weighted by atomic mass is 16.2. The Kier molecular flexibility index (Phi) is 7.38. The minimum absolute atomic E-state index is 0.0774. The van der Waals surface area contributed by atoms with Crippen molar-refractivity contribution < 1.29 is 9.59 Å². The van der Waals surface area contributed by atoms with E-state index in [-0.39, 0.29) is 17.9 Å². The van der Waals surface area contributed by atoms with Crippen LogP contribution in [-0.4, -0.2) is 64.3 Å². The molecule has 1 atom stereocenters. The predicted molar refractivity (Wildman–Crippen MR) is 129 cm³/mol. The summed E-state index contributed by atoms with van der Waals surface area (Å²) in [5.41, 5.74) is 2.98. The van der Waals surface area contributed by atoms with E-state index in [9.17, 15) is 9.59 Å². The Bertz CT molecular complexity index is 990. The minimum Gasteiger partial charge on any atom is -0.331 e. The lowest BCUT2D eigenvalue weighted by atomic mass is 10.0. The minimum atomic E-state index is -0.127. The summed E-state index contributed by atoms with van der Waals surface area (Å²) in [5, 5.41) is 0. The summed E-state index contributed by atoms with van der Waals surface area (Å²) >= 11 is 0. The molecule has 1 saturated heterocycles. The first-order valence-electron chi connectivity index (χ1n) is 12.2. The number of likely N-dealkylation sites (N-methyl/N-ethyl adjacent to an activating group) is 1. The smallest absolute Gasteiger partial charge is 0.237 e. The van der Waals surface area contributed by atoms with Gasteiger partial charge in [-0.1, -0.05) is 44.2 Å². The van der Waals surface area contributed by atoms with Crippen LogP contribution in [0.5, 0.6) is 0 Å². The van der Waals surface area contributed by atoms with Crippen LogP contribution in [0.15, 0.2) is 30.3 Å². The quantitative estimate of drug-likeness (QED) is 0.618. The molecule has 2 aliphatic heterocycles.